The molecule has 0 atom stereocenters. The van der Waals surface area contributed by atoms with Crippen molar-refractivity contribution in [3.05, 3.63) is 35.4 Å². The van der Waals surface area contributed by atoms with Crippen LogP contribution in [0, 0.1) is 0 Å². The number of benzene rings is 1. The molecule has 0 unspecified atom stereocenters. The van der Waals surface area contributed by atoms with E-state index in [1.165, 1.54) is 11.1 Å². The Bertz CT molecular complexity index is 322. The predicted molar refractivity (Wildman–Crippen MR) is 75.4 cm³/mol. The van der Waals surface area contributed by atoms with Gasteiger partial charge in [0.05, 0.1) is 0 Å². The summed E-state index contributed by atoms with van der Waals surface area (Å²) in [6.07, 6.45) is 1.10. The number of nitrogens with zero attached hydrogens (tertiary/aromatic N) is 1. The van der Waals surface area contributed by atoms with Crippen LogP contribution in [0.5, 0.6) is 0 Å². The second kappa shape index (κ2) is 6.18. The Hall–Kier alpha value is -0.860. The van der Waals surface area contributed by atoms with E-state index in [-0.39, 0.29) is 5.41 Å². The molecule has 1 rings (SSSR count). The van der Waals surface area contributed by atoms with Crippen LogP contribution in [0.3, 0.4) is 0 Å². The molecule has 0 saturated carbocycles. The second-order valence-electron chi connectivity index (χ2n) is 5.79. The molecule has 0 aliphatic heterocycles. The minimum absolute atomic E-state index is 0.245. The van der Waals surface area contributed by atoms with E-state index in [0.717, 1.165) is 26.1 Å². The molecule has 1 aromatic carbocycles. The number of rotatable bonds is 5. The average molecular weight is 234 g/mol. The fraction of sp³-hybridized carbons (Fsp3) is 0.600. The number of hydrogen-bond donors (Lipinski definition) is 1. The van der Waals surface area contributed by atoms with Gasteiger partial charge in [0.1, 0.15) is 0 Å². The van der Waals surface area contributed by atoms with Crippen LogP contribution < -0.4 is 5.73 Å². The summed E-state index contributed by atoms with van der Waals surface area (Å²) in [5.41, 5.74) is 8.57. The normalized spacial score (nSPS) is 12.1. The summed E-state index contributed by atoms with van der Waals surface area (Å²) in [5.74, 6) is 0. The first kappa shape index (κ1) is 14.2. The lowest BCUT2D eigenvalue weighted by Gasteiger charge is -2.19. The maximum absolute atomic E-state index is 5.52. The van der Waals surface area contributed by atoms with Gasteiger partial charge in [0.2, 0.25) is 0 Å². The van der Waals surface area contributed by atoms with E-state index >= 15 is 0 Å². The van der Waals surface area contributed by atoms with Gasteiger partial charge in [0.25, 0.3) is 0 Å². The Morgan fingerprint density at radius 1 is 1.06 bits per heavy atom. The van der Waals surface area contributed by atoms with Crippen LogP contribution in [0.25, 0.3) is 0 Å². The highest BCUT2D eigenvalue weighted by Crippen LogP contribution is 2.22. The van der Waals surface area contributed by atoms with Gasteiger partial charge < -0.3 is 10.6 Å². The van der Waals surface area contributed by atoms with Gasteiger partial charge in [-0.05, 0) is 30.0 Å². The third kappa shape index (κ3) is 4.88. The molecular weight excluding hydrogens is 208 g/mol. The third-order valence-electron chi connectivity index (χ3n) is 3.11. The van der Waals surface area contributed by atoms with Gasteiger partial charge in [-0.1, -0.05) is 45.0 Å². The monoisotopic (exact) mass is 234 g/mol. The average Bonchev–Trinajstić information content (AvgIpc) is 2.26. The molecule has 0 radical (unpaired) electrons. The zero-order valence-electron chi connectivity index (χ0n) is 11.7. The van der Waals surface area contributed by atoms with Crippen LogP contribution in [0.2, 0.25) is 0 Å². The van der Waals surface area contributed by atoms with Crippen molar-refractivity contribution >= 4 is 0 Å². The molecule has 2 N–H and O–H groups in total. The molecule has 0 aliphatic carbocycles. The van der Waals surface area contributed by atoms with E-state index in [2.05, 4.69) is 57.0 Å². The van der Waals surface area contributed by atoms with Crippen LogP contribution in [-0.2, 0) is 11.8 Å². The summed E-state index contributed by atoms with van der Waals surface area (Å²) < 4.78 is 0. The Balaban J connectivity index is 2.51. The van der Waals surface area contributed by atoms with Crippen LogP contribution >= 0.6 is 0 Å². The molecular formula is C15H26N2. The molecule has 0 fully saturated rings. The summed E-state index contributed by atoms with van der Waals surface area (Å²) in [6, 6.07) is 8.99. The van der Waals surface area contributed by atoms with E-state index in [9.17, 15) is 0 Å². The third-order valence-corrected chi connectivity index (χ3v) is 3.11. The largest absolute Gasteiger partial charge is 0.329 e. The van der Waals surface area contributed by atoms with E-state index in [1.54, 1.807) is 0 Å². The van der Waals surface area contributed by atoms with Crippen molar-refractivity contribution in [2.45, 2.75) is 32.6 Å². The predicted octanol–water partition coefficient (Wildman–Crippen LogP) is 2.42. The SMILES string of the molecule is CN(CCN)CCc1ccc(C(C)(C)C)cc1. The summed E-state index contributed by atoms with van der Waals surface area (Å²) >= 11 is 0. The van der Waals surface area contributed by atoms with E-state index in [1.807, 2.05) is 0 Å². The highest BCUT2D eigenvalue weighted by atomic mass is 15.1. The number of likely N-dealkylation sites (N-methyl/N-ethyl adjacent to an activating group) is 1. The standard InChI is InChI=1S/C15H26N2/c1-15(2,3)14-7-5-13(6-8-14)9-11-17(4)12-10-16/h5-8H,9-12,16H2,1-4H3. The lowest BCUT2D eigenvalue weighted by Crippen LogP contribution is -2.27. The lowest BCUT2D eigenvalue weighted by molar-refractivity contribution is 0.348. The molecule has 0 amide bonds. The van der Waals surface area contributed by atoms with Crippen LogP contribution in [-0.4, -0.2) is 31.6 Å². The molecule has 0 spiro atoms. The van der Waals surface area contributed by atoms with Gasteiger partial charge in [-0.25, -0.2) is 0 Å². The van der Waals surface area contributed by atoms with Gasteiger partial charge >= 0.3 is 0 Å². The Kier molecular flexibility index (Phi) is 5.16. The van der Waals surface area contributed by atoms with Crippen molar-refractivity contribution in [3.8, 4) is 0 Å². The zero-order chi connectivity index (χ0) is 12.9. The Morgan fingerprint density at radius 3 is 2.12 bits per heavy atom. The van der Waals surface area contributed by atoms with Crippen molar-refractivity contribution in [1.82, 2.24) is 4.90 Å². The van der Waals surface area contributed by atoms with E-state index in [0.29, 0.717) is 0 Å². The van der Waals surface area contributed by atoms with Gasteiger partial charge in [-0.3, -0.25) is 0 Å². The molecule has 0 aromatic heterocycles. The Morgan fingerprint density at radius 2 is 1.65 bits per heavy atom. The maximum atomic E-state index is 5.52. The number of nitrogens with two attached hydrogens (primary N) is 1. The summed E-state index contributed by atoms with van der Waals surface area (Å²) in [5, 5.41) is 0. The molecule has 0 bridgehead atoms. The van der Waals surface area contributed by atoms with Gasteiger partial charge in [0, 0.05) is 19.6 Å². The minimum Gasteiger partial charge on any atom is -0.329 e. The topological polar surface area (TPSA) is 29.3 Å². The van der Waals surface area contributed by atoms with Crippen LogP contribution in [0.15, 0.2) is 24.3 Å². The Labute approximate surface area is 106 Å². The molecule has 17 heavy (non-hydrogen) atoms. The fourth-order valence-electron chi connectivity index (χ4n) is 1.82. The highest BCUT2D eigenvalue weighted by molar-refractivity contribution is 5.27. The van der Waals surface area contributed by atoms with Gasteiger partial charge in [0.15, 0.2) is 0 Å². The molecule has 96 valence electrons. The molecule has 0 heterocycles. The van der Waals surface area contributed by atoms with Crippen molar-refractivity contribution in [3.63, 3.8) is 0 Å². The smallest absolute Gasteiger partial charge is 0.0102 e. The first-order valence-electron chi connectivity index (χ1n) is 6.41. The van der Waals surface area contributed by atoms with Gasteiger partial charge in [-0.15, -0.1) is 0 Å². The quantitative estimate of drug-likeness (QED) is 0.848. The van der Waals surface area contributed by atoms with Crippen LogP contribution in [0.1, 0.15) is 31.9 Å². The van der Waals surface area contributed by atoms with Crippen molar-refractivity contribution in [2.24, 2.45) is 5.73 Å². The van der Waals surface area contributed by atoms with Crippen LogP contribution in [0.4, 0.5) is 0 Å². The maximum Gasteiger partial charge on any atom is 0.0102 e. The van der Waals surface area contributed by atoms with E-state index in [4.69, 9.17) is 5.73 Å². The van der Waals surface area contributed by atoms with Gasteiger partial charge in [-0.2, -0.15) is 0 Å². The second-order valence-corrected chi connectivity index (χ2v) is 5.79. The first-order chi connectivity index (χ1) is 7.93. The molecule has 0 aliphatic rings. The van der Waals surface area contributed by atoms with Crippen molar-refractivity contribution in [1.29, 1.82) is 0 Å². The minimum atomic E-state index is 0.245. The number of hydrogen-bond acceptors (Lipinski definition) is 2. The van der Waals surface area contributed by atoms with Crippen molar-refractivity contribution in [2.75, 3.05) is 26.7 Å². The molecule has 2 nitrogen and oxygen atoms in total. The molecule has 0 saturated heterocycles. The highest BCUT2D eigenvalue weighted by Gasteiger charge is 2.12. The lowest BCUT2D eigenvalue weighted by atomic mass is 9.86. The molecule has 2 heteroatoms. The molecule has 1 aromatic rings. The zero-order valence-corrected chi connectivity index (χ0v) is 11.7. The van der Waals surface area contributed by atoms with E-state index < -0.39 is 0 Å². The first-order valence-corrected chi connectivity index (χ1v) is 6.41. The summed E-state index contributed by atoms with van der Waals surface area (Å²) in [6.45, 7) is 9.52. The summed E-state index contributed by atoms with van der Waals surface area (Å²) in [4.78, 5) is 2.28. The van der Waals surface area contributed by atoms with Crippen molar-refractivity contribution < 1.29 is 0 Å². The fourth-order valence-corrected chi connectivity index (χ4v) is 1.82. The summed E-state index contributed by atoms with van der Waals surface area (Å²) in [7, 11) is 2.12.